The summed E-state index contributed by atoms with van der Waals surface area (Å²) >= 11 is 6.79. The van der Waals surface area contributed by atoms with Gasteiger partial charge in [-0.1, -0.05) is 94.8 Å². The number of amides is 1. The maximum absolute atomic E-state index is 13.4. The number of unbranched alkanes of at least 4 members (excludes halogenated alkanes) is 9. The highest BCUT2D eigenvalue weighted by atomic mass is 32.2. The number of thiocarbonyl (C=S) groups is 1. The van der Waals surface area contributed by atoms with Crippen LogP contribution < -0.4 is 10.9 Å². The SMILES string of the molecule is CCCCCCCCCCCCN1C(=O)C(=Cc2c(NCCCOCC)nc3ccccn3c2=O)SC1=S. The quantitative estimate of drug-likeness (QED) is 0.125. The Morgan fingerprint density at radius 2 is 1.71 bits per heavy atom. The van der Waals surface area contributed by atoms with Crippen molar-refractivity contribution in [1.82, 2.24) is 14.3 Å². The van der Waals surface area contributed by atoms with Gasteiger partial charge in [-0.2, -0.15) is 0 Å². The van der Waals surface area contributed by atoms with Crippen LogP contribution in [0, 0.1) is 0 Å². The van der Waals surface area contributed by atoms with Crippen molar-refractivity contribution < 1.29 is 9.53 Å². The first-order valence-corrected chi connectivity index (χ1v) is 15.4. The lowest BCUT2D eigenvalue weighted by atomic mass is 10.1. The number of thioether (sulfide) groups is 1. The van der Waals surface area contributed by atoms with E-state index in [4.69, 9.17) is 17.0 Å². The minimum Gasteiger partial charge on any atom is -0.382 e. The maximum atomic E-state index is 13.4. The molecule has 208 valence electrons. The van der Waals surface area contributed by atoms with Gasteiger partial charge >= 0.3 is 0 Å². The summed E-state index contributed by atoms with van der Waals surface area (Å²) in [5, 5.41) is 3.27. The fourth-order valence-corrected chi connectivity index (χ4v) is 5.76. The van der Waals surface area contributed by atoms with Gasteiger partial charge in [0.25, 0.3) is 11.5 Å². The molecule has 1 aliphatic heterocycles. The summed E-state index contributed by atoms with van der Waals surface area (Å²) in [6.45, 7) is 6.73. The smallest absolute Gasteiger partial charge is 0.267 e. The van der Waals surface area contributed by atoms with Crippen molar-refractivity contribution in [3.8, 4) is 0 Å². The first-order chi connectivity index (χ1) is 18.6. The molecule has 38 heavy (non-hydrogen) atoms. The predicted molar refractivity (Wildman–Crippen MR) is 163 cm³/mol. The zero-order chi connectivity index (χ0) is 27.2. The Hall–Kier alpha value is -2.23. The van der Waals surface area contributed by atoms with E-state index in [0.29, 0.717) is 52.6 Å². The van der Waals surface area contributed by atoms with E-state index >= 15 is 0 Å². The minimum atomic E-state index is -0.220. The number of nitrogens with one attached hydrogen (secondary N) is 1. The molecule has 1 fully saturated rings. The largest absolute Gasteiger partial charge is 0.382 e. The van der Waals surface area contributed by atoms with E-state index in [0.717, 1.165) is 19.3 Å². The number of fused-ring (bicyclic) bond motifs is 1. The molecule has 0 atom stereocenters. The molecule has 0 saturated carbocycles. The molecule has 1 amide bonds. The summed E-state index contributed by atoms with van der Waals surface area (Å²) in [5.41, 5.74) is 0.697. The van der Waals surface area contributed by atoms with Gasteiger partial charge in [-0.3, -0.25) is 18.9 Å². The van der Waals surface area contributed by atoms with Gasteiger partial charge in [0.05, 0.1) is 10.5 Å². The summed E-state index contributed by atoms with van der Waals surface area (Å²) < 4.78 is 7.47. The molecule has 1 saturated heterocycles. The van der Waals surface area contributed by atoms with Gasteiger partial charge in [-0.05, 0) is 38.0 Å². The number of pyridine rings is 1. The van der Waals surface area contributed by atoms with Gasteiger partial charge < -0.3 is 10.1 Å². The predicted octanol–water partition coefficient (Wildman–Crippen LogP) is 6.66. The Morgan fingerprint density at radius 1 is 1.00 bits per heavy atom. The topological polar surface area (TPSA) is 75.9 Å². The highest BCUT2D eigenvalue weighted by Crippen LogP contribution is 2.33. The van der Waals surface area contributed by atoms with Crippen molar-refractivity contribution in [3.63, 3.8) is 0 Å². The van der Waals surface area contributed by atoms with Crippen LogP contribution in [0.15, 0.2) is 34.1 Å². The van der Waals surface area contributed by atoms with Crippen LogP contribution in [0.3, 0.4) is 0 Å². The number of hydrogen-bond donors (Lipinski definition) is 1. The molecule has 0 spiro atoms. The van der Waals surface area contributed by atoms with Gasteiger partial charge in [0.1, 0.15) is 15.8 Å². The van der Waals surface area contributed by atoms with Crippen molar-refractivity contribution in [2.45, 2.75) is 84.5 Å². The summed E-state index contributed by atoms with van der Waals surface area (Å²) in [5.74, 6) is 0.341. The van der Waals surface area contributed by atoms with Crippen molar-refractivity contribution >= 4 is 51.7 Å². The third-order valence-corrected chi connectivity index (χ3v) is 7.99. The van der Waals surface area contributed by atoms with Crippen LogP contribution in [0.5, 0.6) is 0 Å². The van der Waals surface area contributed by atoms with E-state index < -0.39 is 0 Å². The van der Waals surface area contributed by atoms with Gasteiger partial charge in [-0.25, -0.2) is 4.98 Å². The second kappa shape index (κ2) is 16.7. The Balaban J connectivity index is 1.61. The van der Waals surface area contributed by atoms with E-state index in [2.05, 4.69) is 17.2 Å². The van der Waals surface area contributed by atoms with Crippen LogP contribution in [-0.4, -0.2) is 50.8 Å². The third-order valence-electron chi connectivity index (χ3n) is 6.62. The van der Waals surface area contributed by atoms with Crippen LogP contribution in [0.1, 0.15) is 90.0 Å². The second-order valence-corrected chi connectivity index (χ2v) is 11.3. The molecule has 1 N–H and O–H groups in total. The Morgan fingerprint density at radius 3 is 2.42 bits per heavy atom. The number of anilines is 1. The molecule has 3 heterocycles. The molecule has 1 aliphatic rings. The molecule has 0 aliphatic carbocycles. The molecule has 0 unspecified atom stereocenters. The number of rotatable bonds is 18. The van der Waals surface area contributed by atoms with Crippen LogP contribution in [0.2, 0.25) is 0 Å². The van der Waals surface area contributed by atoms with Gasteiger partial charge in [0, 0.05) is 32.5 Å². The lowest BCUT2D eigenvalue weighted by Gasteiger charge is -2.14. The van der Waals surface area contributed by atoms with E-state index in [9.17, 15) is 9.59 Å². The normalized spacial score (nSPS) is 14.8. The fourth-order valence-electron chi connectivity index (χ4n) is 4.47. The Kier molecular flexibility index (Phi) is 13.3. The standard InChI is InChI=1S/C29H42N4O3S2/c1-3-5-6-7-8-9-10-11-12-14-20-33-28(35)24(38-29(33)37)22-23-26(30-18-16-21-36-4-2)31-25-17-13-15-19-32(25)27(23)34/h13,15,17,19,22,30H,3-12,14,16,18,20-21H2,1-2H3. The molecule has 3 rings (SSSR count). The summed E-state index contributed by atoms with van der Waals surface area (Å²) in [4.78, 5) is 33.4. The average Bonchev–Trinajstić information content (AvgIpc) is 3.18. The van der Waals surface area contributed by atoms with Crippen LogP contribution in [0.25, 0.3) is 11.7 Å². The minimum absolute atomic E-state index is 0.129. The monoisotopic (exact) mass is 558 g/mol. The van der Waals surface area contributed by atoms with E-state index in [1.54, 1.807) is 29.3 Å². The van der Waals surface area contributed by atoms with E-state index in [-0.39, 0.29) is 11.5 Å². The molecular weight excluding hydrogens is 516 g/mol. The van der Waals surface area contributed by atoms with Crippen LogP contribution in [0.4, 0.5) is 5.82 Å². The zero-order valence-electron chi connectivity index (χ0n) is 22.9. The number of hydrogen-bond acceptors (Lipinski definition) is 7. The average molecular weight is 559 g/mol. The number of nitrogens with zero attached hydrogens (tertiary/aromatic N) is 3. The summed E-state index contributed by atoms with van der Waals surface area (Å²) in [6.07, 6.45) is 16.5. The van der Waals surface area contributed by atoms with Crippen molar-refractivity contribution in [3.05, 3.63) is 45.2 Å². The number of ether oxygens (including phenoxy) is 1. The molecule has 0 aromatic carbocycles. The molecule has 7 nitrogen and oxygen atoms in total. The maximum Gasteiger partial charge on any atom is 0.267 e. The van der Waals surface area contributed by atoms with Crippen molar-refractivity contribution in [2.75, 3.05) is 31.6 Å². The number of carbonyl (C=O) groups excluding carboxylic acids is 1. The molecule has 0 bridgehead atoms. The van der Waals surface area contributed by atoms with Gasteiger partial charge in [-0.15, -0.1) is 0 Å². The molecular formula is C29H42N4O3S2. The van der Waals surface area contributed by atoms with Crippen molar-refractivity contribution in [1.29, 1.82) is 0 Å². The lowest BCUT2D eigenvalue weighted by molar-refractivity contribution is -0.122. The fraction of sp³-hybridized carbons (Fsp3) is 0.586. The highest BCUT2D eigenvalue weighted by molar-refractivity contribution is 8.26. The summed E-state index contributed by atoms with van der Waals surface area (Å²) in [6, 6.07) is 5.43. The molecule has 9 heteroatoms. The molecule has 2 aromatic rings. The molecule has 2 aromatic heterocycles. The van der Waals surface area contributed by atoms with E-state index in [1.165, 1.54) is 67.5 Å². The lowest BCUT2D eigenvalue weighted by Crippen LogP contribution is -2.29. The van der Waals surface area contributed by atoms with Crippen LogP contribution in [-0.2, 0) is 9.53 Å². The highest BCUT2D eigenvalue weighted by Gasteiger charge is 2.32. The Bertz CT molecular complexity index is 1150. The zero-order valence-corrected chi connectivity index (χ0v) is 24.5. The van der Waals surface area contributed by atoms with Crippen molar-refractivity contribution in [2.24, 2.45) is 0 Å². The first kappa shape index (κ1) is 30.3. The first-order valence-electron chi connectivity index (χ1n) is 14.1. The Labute approximate surface area is 236 Å². The van der Waals surface area contributed by atoms with Gasteiger partial charge in [0.2, 0.25) is 0 Å². The van der Waals surface area contributed by atoms with Crippen LogP contribution >= 0.6 is 24.0 Å². The molecule has 0 radical (unpaired) electrons. The second-order valence-electron chi connectivity index (χ2n) is 9.60. The third kappa shape index (κ3) is 8.92. The number of carbonyl (C=O) groups is 1. The van der Waals surface area contributed by atoms with E-state index in [1.807, 2.05) is 13.0 Å². The number of aromatic nitrogens is 2. The summed E-state index contributed by atoms with van der Waals surface area (Å²) in [7, 11) is 0. The van der Waals surface area contributed by atoms with Gasteiger partial charge in [0.15, 0.2) is 0 Å².